The number of aromatic nitrogens is 1. The molecule has 0 aliphatic carbocycles. The number of fused-ring (bicyclic) bond motifs is 1. The zero-order chi connectivity index (χ0) is 14.9. The van der Waals surface area contributed by atoms with Crippen molar-refractivity contribution in [1.29, 1.82) is 0 Å². The summed E-state index contributed by atoms with van der Waals surface area (Å²) in [5.74, 6) is -1.40. The molecular formula is C14H14N2O4S. The lowest BCUT2D eigenvalue weighted by Gasteiger charge is -2.33. The van der Waals surface area contributed by atoms with Crippen LogP contribution in [-0.4, -0.2) is 40.7 Å². The largest absolute Gasteiger partial charge is 0.480 e. The number of benzene rings is 1. The van der Waals surface area contributed by atoms with E-state index in [-0.39, 0.29) is 18.7 Å². The molecule has 0 bridgehead atoms. The van der Waals surface area contributed by atoms with Gasteiger partial charge in [0.25, 0.3) is 5.91 Å². The molecule has 2 N–H and O–H groups in total. The van der Waals surface area contributed by atoms with Crippen molar-refractivity contribution in [2.75, 3.05) is 13.2 Å². The summed E-state index contributed by atoms with van der Waals surface area (Å²) in [5, 5.41) is 12.1. The smallest absolute Gasteiger partial charge is 0.329 e. The Kier molecular flexibility index (Phi) is 3.60. The van der Waals surface area contributed by atoms with Crippen LogP contribution >= 0.6 is 11.3 Å². The number of carbonyl (C=O) groups excluding carboxylic acids is 1. The maximum Gasteiger partial charge on any atom is 0.329 e. The molecule has 1 aromatic heterocycles. The molecule has 3 rings (SSSR count). The number of ether oxygens (including phenoxy) is 1. The van der Waals surface area contributed by atoms with Gasteiger partial charge in [0.1, 0.15) is 5.54 Å². The third kappa shape index (κ3) is 2.62. The van der Waals surface area contributed by atoms with Gasteiger partial charge < -0.3 is 15.2 Å². The third-order valence-electron chi connectivity index (χ3n) is 3.70. The fourth-order valence-corrected chi connectivity index (χ4v) is 3.11. The number of carboxylic acid groups (broad SMARTS) is 1. The quantitative estimate of drug-likeness (QED) is 0.900. The van der Waals surface area contributed by atoms with E-state index < -0.39 is 11.5 Å². The molecule has 0 unspecified atom stereocenters. The van der Waals surface area contributed by atoms with Gasteiger partial charge in [-0.15, -0.1) is 11.3 Å². The topological polar surface area (TPSA) is 88.5 Å². The van der Waals surface area contributed by atoms with E-state index in [9.17, 15) is 14.7 Å². The van der Waals surface area contributed by atoms with Crippen molar-refractivity contribution in [3.63, 3.8) is 0 Å². The van der Waals surface area contributed by atoms with Crippen molar-refractivity contribution >= 4 is 33.4 Å². The first-order valence-electron chi connectivity index (χ1n) is 6.58. The van der Waals surface area contributed by atoms with Crippen molar-refractivity contribution in [2.24, 2.45) is 0 Å². The van der Waals surface area contributed by atoms with Crippen molar-refractivity contribution in [2.45, 2.75) is 18.4 Å². The van der Waals surface area contributed by atoms with Gasteiger partial charge in [0.2, 0.25) is 0 Å². The van der Waals surface area contributed by atoms with Gasteiger partial charge in [-0.2, -0.15) is 0 Å². The van der Waals surface area contributed by atoms with E-state index in [1.54, 1.807) is 23.7 Å². The van der Waals surface area contributed by atoms with Gasteiger partial charge in [0.15, 0.2) is 0 Å². The lowest BCUT2D eigenvalue weighted by molar-refractivity contribution is -0.148. The van der Waals surface area contributed by atoms with Crippen LogP contribution in [0.4, 0.5) is 0 Å². The molecule has 0 saturated carbocycles. The van der Waals surface area contributed by atoms with E-state index in [1.807, 2.05) is 0 Å². The lowest BCUT2D eigenvalue weighted by atomic mass is 9.89. The Labute approximate surface area is 124 Å². The summed E-state index contributed by atoms with van der Waals surface area (Å²) in [6, 6.07) is 5.15. The minimum Gasteiger partial charge on any atom is -0.480 e. The Morgan fingerprint density at radius 1 is 1.33 bits per heavy atom. The van der Waals surface area contributed by atoms with Gasteiger partial charge in [-0.05, 0) is 18.2 Å². The average Bonchev–Trinajstić information content (AvgIpc) is 2.95. The van der Waals surface area contributed by atoms with Crippen molar-refractivity contribution in [3.8, 4) is 0 Å². The monoisotopic (exact) mass is 306 g/mol. The zero-order valence-electron chi connectivity index (χ0n) is 11.2. The average molecular weight is 306 g/mol. The number of carbonyl (C=O) groups is 2. The van der Waals surface area contributed by atoms with E-state index in [4.69, 9.17) is 4.74 Å². The van der Waals surface area contributed by atoms with Crippen LogP contribution in [0.5, 0.6) is 0 Å². The molecule has 1 aromatic carbocycles. The minimum atomic E-state index is -1.24. The standard InChI is InChI=1S/C14H14N2O4S/c17-12(9-1-2-10-11(7-9)21-8-15-10)16-14(13(18)19)3-5-20-6-4-14/h1-2,7-8H,3-6H2,(H,16,17)(H,18,19). The SMILES string of the molecule is O=C(NC1(C(=O)O)CCOCC1)c1ccc2ncsc2c1. The molecule has 0 atom stereocenters. The second-order valence-corrected chi connectivity index (χ2v) is 5.87. The second-order valence-electron chi connectivity index (χ2n) is 4.99. The van der Waals surface area contributed by atoms with E-state index in [0.717, 1.165) is 10.2 Å². The van der Waals surface area contributed by atoms with Gasteiger partial charge >= 0.3 is 5.97 Å². The summed E-state index contributed by atoms with van der Waals surface area (Å²) in [5.41, 5.74) is 1.75. The highest BCUT2D eigenvalue weighted by Crippen LogP contribution is 2.23. The van der Waals surface area contributed by atoms with Crippen molar-refractivity contribution < 1.29 is 19.4 Å². The van der Waals surface area contributed by atoms with Crippen LogP contribution in [0.25, 0.3) is 10.2 Å². The predicted octanol–water partition coefficient (Wildman–Crippen LogP) is 1.66. The number of hydrogen-bond acceptors (Lipinski definition) is 5. The Morgan fingerprint density at radius 3 is 2.81 bits per heavy atom. The number of amides is 1. The highest BCUT2D eigenvalue weighted by Gasteiger charge is 2.41. The van der Waals surface area contributed by atoms with Crippen LogP contribution in [0.3, 0.4) is 0 Å². The van der Waals surface area contributed by atoms with E-state index in [2.05, 4.69) is 10.3 Å². The molecule has 21 heavy (non-hydrogen) atoms. The van der Waals surface area contributed by atoms with Gasteiger partial charge in [0, 0.05) is 31.6 Å². The molecular weight excluding hydrogens is 292 g/mol. The first kappa shape index (κ1) is 14.0. The van der Waals surface area contributed by atoms with E-state index in [0.29, 0.717) is 18.8 Å². The molecule has 0 radical (unpaired) electrons. The van der Waals surface area contributed by atoms with Gasteiger partial charge in [0.05, 0.1) is 15.7 Å². The number of nitrogens with one attached hydrogen (secondary N) is 1. The van der Waals surface area contributed by atoms with Gasteiger partial charge in [-0.3, -0.25) is 4.79 Å². The number of hydrogen-bond donors (Lipinski definition) is 2. The summed E-state index contributed by atoms with van der Waals surface area (Å²) in [6.45, 7) is 0.668. The molecule has 1 fully saturated rings. The normalized spacial score (nSPS) is 17.5. The van der Waals surface area contributed by atoms with Crippen LogP contribution in [0, 0.1) is 0 Å². The molecule has 2 heterocycles. The summed E-state index contributed by atoms with van der Waals surface area (Å²) in [4.78, 5) is 28.0. The fourth-order valence-electron chi connectivity index (χ4n) is 2.40. The van der Waals surface area contributed by atoms with E-state index in [1.165, 1.54) is 11.3 Å². The Morgan fingerprint density at radius 2 is 2.10 bits per heavy atom. The van der Waals surface area contributed by atoms with Crippen LogP contribution in [0.2, 0.25) is 0 Å². The molecule has 6 nitrogen and oxygen atoms in total. The Bertz CT molecular complexity index is 691. The molecule has 1 aliphatic rings. The Balaban J connectivity index is 1.85. The number of aliphatic carboxylic acids is 1. The summed E-state index contributed by atoms with van der Waals surface area (Å²) in [6.07, 6.45) is 0.549. The number of nitrogens with zero attached hydrogens (tertiary/aromatic N) is 1. The molecule has 1 saturated heterocycles. The molecule has 2 aromatic rings. The van der Waals surface area contributed by atoms with Crippen molar-refractivity contribution in [3.05, 3.63) is 29.3 Å². The van der Waals surface area contributed by atoms with Gasteiger partial charge in [-0.1, -0.05) is 0 Å². The predicted molar refractivity (Wildman–Crippen MR) is 77.5 cm³/mol. The van der Waals surface area contributed by atoms with E-state index >= 15 is 0 Å². The number of carboxylic acids is 1. The van der Waals surface area contributed by atoms with Crippen LogP contribution in [0.1, 0.15) is 23.2 Å². The van der Waals surface area contributed by atoms with Crippen LogP contribution < -0.4 is 5.32 Å². The number of thiazole rings is 1. The highest BCUT2D eigenvalue weighted by atomic mass is 32.1. The summed E-state index contributed by atoms with van der Waals surface area (Å²) < 4.78 is 6.09. The van der Waals surface area contributed by atoms with Crippen LogP contribution in [0.15, 0.2) is 23.7 Å². The third-order valence-corrected chi connectivity index (χ3v) is 4.49. The first-order valence-corrected chi connectivity index (χ1v) is 7.46. The molecule has 1 aliphatic heterocycles. The minimum absolute atomic E-state index is 0.275. The molecule has 1 amide bonds. The van der Waals surface area contributed by atoms with Crippen LogP contribution in [-0.2, 0) is 9.53 Å². The highest BCUT2D eigenvalue weighted by molar-refractivity contribution is 7.16. The zero-order valence-corrected chi connectivity index (χ0v) is 12.0. The maximum absolute atomic E-state index is 12.4. The maximum atomic E-state index is 12.4. The number of rotatable bonds is 3. The molecule has 0 spiro atoms. The molecule has 110 valence electrons. The first-order chi connectivity index (χ1) is 10.1. The fraction of sp³-hybridized carbons (Fsp3) is 0.357. The van der Waals surface area contributed by atoms with Crippen molar-refractivity contribution in [1.82, 2.24) is 10.3 Å². The second kappa shape index (κ2) is 5.42. The molecule has 7 heteroatoms. The Hall–Kier alpha value is -1.99. The summed E-state index contributed by atoms with van der Waals surface area (Å²) >= 11 is 1.44. The lowest BCUT2D eigenvalue weighted by Crippen LogP contribution is -2.57. The summed E-state index contributed by atoms with van der Waals surface area (Å²) in [7, 11) is 0. The van der Waals surface area contributed by atoms with Gasteiger partial charge in [-0.25, -0.2) is 9.78 Å².